The van der Waals surface area contributed by atoms with Crippen molar-refractivity contribution in [2.24, 2.45) is 0 Å². The van der Waals surface area contributed by atoms with Crippen molar-refractivity contribution >= 4 is 22.9 Å². The SMILES string of the molecule is COc1ccc(-n2cnnn2)cc1C(=O)N1CCC(CCN2CCC(Nc3nc4ccccc4n3Cc3ccc(CO)o3)CC2)(c2ccccc2)C1. The molecule has 13 heteroatoms. The number of rotatable bonds is 12. The third-order valence-corrected chi connectivity index (χ3v) is 10.7. The van der Waals surface area contributed by atoms with E-state index in [-0.39, 0.29) is 24.0 Å². The van der Waals surface area contributed by atoms with E-state index in [1.165, 1.54) is 11.9 Å². The van der Waals surface area contributed by atoms with Crippen LogP contribution in [0.4, 0.5) is 5.95 Å². The van der Waals surface area contributed by atoms with Crippen LogP contribution in [0.2, 0.25) is 0 Å². The van der Waals surface area contributed by atoms with E-state index in [0.717, 1.165) is 68.1 Å². The van der Waals surface area contributed by atoms with Gasteiger partial charge in [0.15, 0.2) is 0 Å². The molecule has 2 fully saturated rings. The molecule has 1 unspecified atom stereocenters. The summed E-state index contributed by atoms with van der Waals surface area (Å²) in [6.07, 6.45) is 5.36. The van der Waals surface area contributed by atoms with Gasteiger partial charge < -0.3 is 33.9 Å². The van der Waals surface area contributed by atoms with Gasteiger partial charge in [-0.05, 0) is 90.7 Å². The highest BCUT2D eigenvalue weighted by molar-refractivity contribution is 5.98. The van der Waals surface area contributed by atoms with Gasteiger partial charge in [-0.2, -0.15) is 0 Å². The number of carbonyl (C=O) groups excluding carboxylic acids is 1. The zero-order valence-electron chi connectivity index (χ0n) is 29.3. The molecule has 6 aromatic rings. The Bertz CT molecular complexity index is 2120. The lowest BCUT2D eigenvalue weighted by Gasteiger charge is -2.36. The molecule has 2 saturated heterocycles. The number of para-hydroxylation sites is 2. The lowest BCUT2D eigenvalue weighted by Crippen LogP contribution is -2.42. The van der Waals surface area contributed by atoms with Crippen molar-refractivity contribution < 1.29 is 19.1 Å². The number of aliphatic hydroxyl groups is 1. The standard InChI is InChI=1S/C39H43N9O4/c1-51-36-14-11-30(48-27-40-43-44-48)23-33(36)37(50)46-22-18-39(26-46,28-7-3-2-4-8-28)17-21-45-19-15-29(16-20-45)41-38-42-34-9-5-6-10-35(34)47(38)24-31-12-13-32(25-49)52-31/h2-14,23,27,29,49H,15-22,24-26H2,1H3,(H,41,42). The number of anilines is 1. The van der Waals surface area contributed by atoms with E-state index in [0.29, 0.717) is 42.4 Å². The molecule has 2 N–H and O–H groups in total. The molecule has 5 heterocycles. The highest BCUT2D eigenvalue weighted by Crippen LogP contribution is 2.39. The summed E-state index contributed by atoms with van der Waals surface area (Å²) in [4.78, 5) is 23.6. The number of hydrogen-bond acceptors (Lipinski definition) is 10. The van der Waals surface area contributed by atoms with Crippen LogP contribution in [0, 0.1) is 0 Å². The van der Waals surface area contributed by atoms with Crippen molar-refractivity contribution in [3.8, 4) is 11.4 Å². The number of aromatic nitrogens is 6. The van der Waals surface area contributed by atoms with Crippen LogP contribution in [0.3, 0.4) is 0 Å². The van der Waals surface area contributed by atoms with Gasteiger partial charge in [0.2, 0.25) is 5.95 Å². The molecule has 3 aromatic carbocycles. The Labute approximate surface area is 301 Å². The van der Waals surface area contributed by atoms with Crippen LogP contribution in [0.5, 0.6) is 5.75 Å². The van der Waals surface area contributed by atoms with Crippen LogP contribution in [-0.2, 0) is 18.6 Å². The third-order valence-electron chi connectivity index (χ3n) is 10.7. The zero-order chi connectivity index (χ0) is 35.5. The Balaban J connectivity index is 0.935. The Morgan fingerprint density at radius 3 is 2.58 bits per heavy atom. The topological polar surface area (TPSA) is 140 Å². The van der Waals surface area contributed by atoms with Gasteiger partial charge in [-0.15, -0.1) is 5.10 Å². The average molecular weight is 702 g/mol. The predicted molar refractivity (Wildman–Crippen MR) is 196 cm³/mol. The number of nitrogens with one attached hydrogen (secondary N) is 1. The van der Waals surface area contributed by atoms with E-state index in [1.54, 1.807) is 23.9 Å². The number of carbonyl (C=O) groups is 1. The number of amides is 1. The lowest BCUT2D eigenvalue weighted by atomic mass is 9.76. The second kappa shape index (κ2) is 14.6. The molecule has 0 aliphatic carbocycles. The zero-order valence-corrected chi connectivity index (χ0v) is 29.3. The number of methoxy groups -OCH3 is 1. The molecule has 268 valence electrons. The number of tetrazole rings is 1. The van der Waals surface area contributed by atoms with E-state index < -0.39 is 0 Å². The highest BCUT2D eigenvalue weighted by Gasteiger charge is 2.42. The van der Waals surface area contributed by atoms with Crippen molar-refractivity contribution in [1.29, 1.82) is 0 Å². The van der Waals surface area contributed by atoms with Gasteiger partial charge in [0.25, 0.3) is 5.91 Å². The number of likely N-dealkylation sites (tertiary alicyclic amines) is 2. The maximum atomic E-state index is 14.1. The molecule has 2 aliphatic rings. The molecule has 0 radical (unpaired) electrons. The number of piperidine rings is 1. The molecule has 13 nitrogen and oxygen atoms in total. The first-order valence-corrected chi connectivity index (χ1v) is 17.9. The van der Waals surface area contributed by atoms with Gasteiger partial charge in [0.1, 0.15) is 30.2 Å². The number of nitrogens with zero attached hydrogens (tertiary/aromatic N) is 8. The molecule has 3 aromatic heterocycles. The van der Waals surface area contributed by atoms with Crippen LogP contribution in [0.15, 0.2) is 95.7 Å². The van der Waals surface area contributed by atoms with Crippen LogP contribution in [0.25, 0.3) is 16.7 Å². The minimum absolute atomic E-state index is 0.0524. The second-order valence-corrected chi connectivity index (χ2v) is 13.8. The minimum Gasteiger partial charge on any atom is -0.496 e. The Hall–Kier alpha value is -5.53. The molecular formula is C39H43N9O4. The first-order chi connectivity index (χ1) is 25.5. The largest absolute Gasteiger partial charge is 0.496 e. The van der Waals surface area contributed by atoms with Crippen LogP contribution in [-0.4, -0.2) is 96.4 Å². The van der Waals surface area contributed by atoms with E-state index in [4.69, 9.17) is 14.1 Å². The molecule has 0 spiro atoms. The maximum absolute atomic E-state index is 14.1. The molecular weight excluding hydrogens is 658 g/mol. The summed E-state index contributed by atoms with van der Waals surface area (Å²) in [6, 6.07) is 28.3. The summed E-state index contributed by atoms with van der Waals surface area (Å²) in [7, 11) is 1.59. The van der Waals surface area contributed by atoms with Gasteiger partial charge in [0.05, 0.1) is 35.9 Å². The van der Waals surface area contributed by atoms with E-state index >= 15 is 0 Å². The number of furan rings is 1. The number of aliphatic hydroxyl groups excluding tert-OH is 1. The number of hydrogen-bond donors (Lipinski definition) is 2. The van der Waals surface area contributed by atoms with Crippen LogP contribution in [0.1, 0.15) is 53.1 Å². The second-order valence-electron chi connectivity index (χ2n) is 13.8. The van der Waals surface area contributed by atoms with Crippen molar-refractivity contribution in [2.45, 2.75) is 50.3 Å². The number of benzene rings is 3. The maximum Gasteiger partial charge on any atom is 0.257 e. The van der Waals surface area contributed by atoms with E-state index in [2.05, 4.69) is 66.7 Å². The van der Waals surface area contributed by atoms with Gasteiger partial charge in [-0.1, -0.05) is 42.5 Å². The average Bonchev–Trinajstić information content (AvgIpc) is 4.03. The van der Waals surface area contributed by atoms with Crippen molar-refractivity contribution in [3.05, 3.63) is 114 Å². The number of ether oxygens (including phenoxy) is 1. The summed E-state index contributed by atoms with van der Waals surface area (Å²) < 4.78 is 15.2. The summed E-state index contributed by atoms with van der Waals surface area (Å²) in [5.41, 5.74) is 4.30. The fourth-order valence-corrected chi connectivity index (χ4v) is 7.83. The number of fused-ring (bicyclic) bond motifs is 1. The molecule has 1 atom stereocenters. The first-order valence-electron chi connectivity index (χ1n) is 17.9. The predicted octanol–water partition coefficient (Wildman–Crippen LogP) is 4.90. The number of imidazole rings is 1. The molecule has 2 aliphatic heterocycles. The fraction of sp³-hybridized carbons (Fsp3) is 0.359. The van der Waals surface area contributed by atoms with Crippen LogP contribution >= 0.6 is 0 Å². The van der Waals surface area contributed by atoms with Crippen molar-refractivity contribution in [1.82, 2.24) is 39.6 Å². The van der Waals surface area contributed by atoms with Gasteiger partial charge >= 0.3 is 0 Å². The van der Waals surface area contributed by atoms with Gasteiger partial charge in [-0.25, -0.2) is 9.67 Å². The quantitative estimate of drug-likeness (QED) is 0.181. The van der Waals surface area contributed by atoms with Gasteiger partial charge in [0, 0.05) is 37.6 Å². The Morgan fingerprint density at radius 1 is 1.00 bits per heavy atom. The van der Waals surface area contributed by atoms with Crippen molar-refractivity contribution in [2.75, 3.05) is 45.2 Å². The molecule has 0 bridgehead atoms. The van der Waals surface area contributed by atoms with Crippen LogP contribution < -0.4 is 10.1 Å². The Kier molecular flexibility index (Phi) is 9.44. The third kappa shape index (κ3) is 6.76. The molecule has 1 amide bonds. The normalized spacial score (nSPS) is 18.3. The monoisotopic (exact) mass is 701 g/mol. The summed E-state index contributed by atoms with van der Waals surface area (Å²) in [6.45, 7) is 4.61. The minimum atomic E-state index is -0.153. The fourth-order valence-electron chi connectivity index (χ4n) is 7.83. The summed E-state index contributed by atoms with van der Waals surface area (Å²) in [5, 5.41) is 24.7. The summed E-state index contributed by atoms with van der Waals surface area (Å²) in [5.74, 6) is 2.65. The Morgan fingerprint density at radius 2 is 1.81 bits per heavy atom. The lowest BCUT2D eigenvalue weighted by molar-refractivity contribution is 0.0776. The van der Waals surface area contributed by atoms with E-state index in [9.17, 15) is 9.90 Å². The molecule has 52 heavy (non-hydrogen) atoms. The molecule has 8 rings (SSSR count). The van der Waals surface area contributed by atoms with Crippen molar-refractivity contribution in [3.63, 3.8) is 0 Å². The highest BCUT2D eigenvalue weighted by atomic mass is 16.5. The summed E-state index contributed by atoms with van der Waals surface area (Å²) >= 11 is 0. The smallest absolute Gasteiger partial charge is 0.257 e. The van der Waals surface area contributed by atoms with Gasteiger partial charge in [-0.3, -0.25) is 4.79 Å². The van der Waals surface area contributed by atoms with E-state index in [1.807, 2.05) is 41.3 Å². The first kappa shape index (κ1) is 33.6. The molecule has 0 saturated carbocycles.